The molecule has 0 aromatic heterocycles. The van der Waals surface area contributed by atoms with Gasteiger partial charge in [-0.1, -0.05) is 12.1 Å². The van der Waals surface area contributed by atoms with Crippen LogP contribution in [-0.2, 0) is 9.53 Å². The molecule has 0 aliphatic rings. The summed E-state index contributed by atoms with van der Waals surface area (Å²) in [5, 5.41) is 9.92. The largest absolute Gasteiger partial charge is 0.491 e. The minimum Gasteiger partial charge on any atom is -0.491 e. The molecule has 0 amide bonds. The lowest BCUT2D eigenvalue weighted by Crippen LogP contribution is -2.10. The fourth-order valence-corrected chi connectivity index (χ4v) is 1.56. The maximum absolute atomic E-state index is 11.3. The van der Waals surface area contributed by atoms with Gasteiger partial charge in [-0.3, -0.25) is 4.79 Å². The summed E-state index contributed by atoms with van der Waals surface area (Å²) >= 11 is 0. The van der Waals surface area contributed by atoms with Crippen molar-refractivity contribution in [1.29, 1.82) is 0 Å². The zero-order chi connectivity index (χ0) is 13.5. The van der Waals surface area contributed by atoms with Crippen molar-refractivity contribution < 1.29 is 19.4 Å². The van der Waals surface area contributed by atoms with Gasteiger partial charge in [0.2, 0.25) is 0 Å². The minimum absolute atomic E-state index is 0.0427. The third kappa shape index (κ3) is 4.75. The van der Waals surface area contributed by atoms with Crippen molar-refractivity contribution in [1.82, 2.24) is 0 Å². The topological polar surface area (TPSA) is 55.8 Å². The summed E-state index contributed by atoms with van der Waals surface area (Å²) < 4.78 is 10.3. The standard InChI is InChI=1S/C14H20O4/c1-4-17-14(16)9-13(15)11-6-5-7-12(8-11)18-10(2)3/h5-8,10,13,15H,4,9H2,1-3H3. The molecule has 0 fully saturated rings. The first-order valence-electron chi connectivity index (χ1n) is 6.13. The van der Waals surface area contributed by atoms with Gasteiger partial charge < -0.3 is 14.6 Å². The Labute approximate surface area is 108 Å². The van der Waals surface area contributed by atoms with E-state index in [0.717, 1.165) is 0 Å². The molecule has 0 aliphatic carbocycles. The Balaban J connectivity index is 2.67. The van der Waals surface area contributed by atoms with Gasteiger partial charge in [0.15, 0.2) is 0 Å². The van der Waals surface area contributed by atoms with Crippen molar-refractivity contribution in [2.75, 3.05) is 6.61 Å². The van der Waals surface area contributed by atoms with Crippen LogP contribution in [0.25, 0.3) is 0 Å². The first kappa shape index (κ1) is 14.5. The molecule has 18 heavy (non-hydrogen) atoms. The minimum atomic E-state index is -0.861. The Morgan fingerprint density at radius 2 is 2.11 bits per heavy atom. The van der Waals surface area contributed by atoms with E-state index in [1.54, 1.807) is 25.1 Å². The number of carbonyl (C=O) groups is 1. The number of hydrogen-bond donors (Lipinski definition) is 1. The fraction of sp³-hybridized carbons (Fsp3) is 0.500. The Hall–Kier alpha value is -1.55. The van der Waals surface area contributed by atoms with E-state index in [1.165, 1.54) is 0 Å². The first-order chi connectivity index (χ1) is 8.52. The van der Waals surface area contributed by atoms with Gasteiger partial charge in [-0.2, -0.15) is 0 Å². The van der Waals surface area contributed by atoms with Crippen LogP contribution in [0.15, 0.2) is 24.3 Å². The highest BCUT2D eigenvalue weighted by Gasteiger charge is 2.14. The van der Waals surface area contributed by atoms with Gasteiger partial charge in [0.25, 0.3) is 0 Å². The molecule has 4 heteroatoms. The molecule has 4 nitrogen and oxygen atoms in total. The monoisotopic (exact) mass is 252 g/mol. The van der Waals surface area contributed by atoms with Crippen molar-refractivity contribution in [2.45, 2.75) is 39.4 Å². The molecule has 1 rings (SSSR count). The molecular weight excluding hydrogens is 232 g/mol. The van der Waals surface area contributed by atoms with Crippen LogP contribution in [0.4, 0.5) is 0 Å². The number of aliphatic hydroxyl groups excluding tert-OH is 1. The molecule has 1 aromatic rings. The summed E-state index contributed by atoms with van der Waals surface area (Å²) in [5.41, 5.74) is 0.654. The van der Waals surface area contributed by atoms with Crippen molar-refractivity contribution in [3.8, 4) is 5.75 Å². The smallest absolute Gasteiger partial charge is 0.308 e. The molecule has 1 N–H and O–H groups in total. The summed E-state index contributed by atoms with van der Waals surface area (Å²) in [6.45, 7) is 5.92. The second kappa shape index (κ2) is 7.01. The van der Waals surface area contributed by atoms with Gasteiger partial charge in [-0.15, -0.1) is 0 Å². The second-order valence-corrected chi connectivity index (χ2v) is 4.26. The summed E-state index contributed by atoms with van der Waals surface area (Å²) in [5.74, 6) is 0.283. The molecule has 1 atom stereocenters. The van der Waals surface area contributed by atoms with Crippen molar-refractivity contribution in [3.05, 3.63) is 29.8 Å². The lowest BCUT2D eigenvalue weighted by Gasteiger charge is -2.14. The van der Waals surface area contributed by atoms with Gasteiger partial charge in [0.1, 0.15) is 5.75 Å². The maximum Gasteiger partial charge on any atom is 0.308 e. The van der Waals surface area contributed by atoms with Crippen LogP contribution in [0.1, 0.15) is 38.9 Å². The van der Waals surface area contributed by atoms with E-state index < -0.39 is 12.1 Å². The number of aliphatic hydroxyl groups is 1. The molecule has 0 aliphatic heterocycles. The second-order valence-electron chi connectivity index (χ2n) is 4.26. The molecule has 1 unspecified atom stereocenters. The van der Waals surface area contributed by atoms with Gasteiger partial charge in [-0.25, -0.2) is 0 Å². The van der Waals surface area contributed by atoms with E-state index in [-0.39, 0.29) is 12.5 Å². The van der Waals surface area contributed by atoms with Crippen LogP contribution < -0.4 is 4.74 Å². The average Bonchev–Trinajstić information content (AvgIpc) is 2.28. The Morgan fingerprint density at radius 3 is 2.72 bits per heavy atom. The molecule has 0 bridgehead atoms. The molecule has 0 radical (unpaired) electrons. The Bertz CT molecular complexity index is 387. The number of hydrogen-bond acceptors (Lipinski definition) is 4. The lowest BCUT2D eigenvalue weighted by molar-refractivity contribution is -0.145. The fourth-order valence-electron chi connectivity index (χ4n) is 1.56. The number of ether oxygens (including phenoxy) is 2. The predicted molar refractivity (Wildman–Crippen MR) is 68.4 cm³/mol. The first-order valence-corrected chi connectivity index (χ1v) is 6.13. The molecule has 0 heterocycles. The zero-order valence-electron chi connectivity index (χ0n) is 11.1. The average molecular weight is 252 g/mol. The number of carbonyl (C=O) groups excluding carboxylic acids is 1. The highest BCUT2D eigenvalue weighted by molar-refractivity contribution is 5.70. The summed E-state index contributed by atoms with van der Waals surface area (Å²) in [4.78, 5) is 11.3. The van der Waals surface area contributed by atoms with Crippen LogP contribution in [0, 0.1) is 0 Å². The van der Waals surface area contributed by atoms with E-state index in [4.69, 9.17) is 9.47 Å². The van der Waals surface area contributed by atoms with Gasteiger partial charge in [0, 0.05) is 0 Å². The Kier molecular flexibility index (Phi) is 5.65. The van der Waals surface area contributed by atoms with Gasteiger partial charge in [0.05, 0.1) is 25.2 Å². The maximum atomic E-state index is 11.3. The van der Waals surface area contributed by atoms with Crippen molar-refractivity contribution in [2.24, 2.45) is 0 Å². The number of rotatable bonds is 6. The summed E-state index contributed by atoms with van der Waals surface area (Å²) in [6, 6.07) is 7.11. The van der Waals surface area contributed by atoms with Crippen LogP contribution in [0.2, 0.25) is 0 Å². The molecule has 100 valence electrons. The van der Waals surface area contributed by atoms with Crippen molar-refractivity contribution >= 4 is 5.97 Å². The van der Waals surface area contributed by atoms with Crippen LogP contribution in [-0.4, -0.2) is 23.8 Å². The van der Waals surface area contributed by atoms with Crippen LogP contribution in [0.3, 0.4) is 0 Å². The molecule has 1 aromatic carbocycles. The SMILES string of the molecule is CCOC(=O)CC(O)c1cccc(OC(C)C)c1. The van der Waals surface area contributed by atoms with Gasteiger partial charge in [-0.05, 0) is 38.5 Å². The lowest BCUT2D eigenvalue weighted by atomic mass is 10.1. The van der Waals surface area contributed by atoms with Crippen molar-refractivity contribution in [3.63, 3.8) is 0 Å². The van der Waals surface area contributed by atoms with Gasteiger partial charge >= 0.3 is 5.97 Å². The third-order valence-electron chi connectivity index (χ3n) is 2.28. The quantitative estimate of drug-likeness (QED) is 0.790. The highest BCUT2D eigenvalue weighted by Crippen LogP contribution is 2.22. The van der Waals surface area contributed by atoms with E-state index >= 15 is 0 Å². The van der Waals surface area contributed by atoms with E-state index in [2.05, 4.69) is 0 Å². The molecule has 0 saturated carbocycles. The summed E-state index contributed by atoms with van der Waals surface area (Å²) in [6.07, 6.45) is -0.832. The van der Waals surface area contributed by atoms with E-state index in [0.29, 0.717) is 17.9 Å². The highest BCUT2D eigenvalue weighted by atomic mass is 16.5. The van der Waals surface area contributed by atoms with E-state index in [1.807, 2.05) is 19.9 Å². The summed E-state index contributed by atoms with van der Waals surface area (Å²) in [7, 11) is 0. The van der Waals surface area contributed by atoms with Crippen LogP contribution in [0.5, 0.6) is 5.75 Å². The van der Waals surface area contributed by atoms with Crippen LogP contribution >= 0.6 is 0 Å². The number of benzene rings is 1. The predicted octanol–water partition coefficient (Wildman–Crippen LogP) is 2.46. The molecule has 0 spiro atoms. The Morgan fingerprint density at radius 1 is 1.39 bits per heavy atom. The number of esters is 1. The van der Waals surface area contributed by atoms with E-state index in [9.17, 15) is 9.90 Å². The molecular formula is C14H20O4. The zero-order valence-corrected chi connectivity index (χ0v) is 11.1. The third-order valence-corrected chi connectivity index (χ3v) is 2.28. The normalized spacial score (nSPS) is 12.3. The molecule has 0 saturated heterocycles.